The number of aryl methyl sites for hydroxylation is 2. The van der Waals surface area contributed by atoms with Gasteiger partial charge in [-0.15, -0.1) is 0 Å². The van der Waals surface area contributed by atoms with E-state index in [4.69, 9.17) is 5.73 Å². The number of aromatic nitrogens is 2. The number of anilines is 1. The van der Waals surface area contributed by atoms with Crippen molar-refractivity contribution in [2.75, 3.05) is 12.8 Å². The third kappa shape index (κ3) is 2.13. The molecule has 1 aromatic carbocycles. The van der Waals surface area contributed by atoms with E-state index in [-0.39, 0.29) is 24.2 Å². The van der Waals surface area contributed by atoms with Crippen molar-refractivity contribution in [3.05, 3.63) is 23.5 Å². The van der Waals surface area contributed by atoms with Gasteiger partial charge in [-0.3, -0.25) is 4.79 Å². The zero-order chi connectivity index (χ0) is 13.3. The minimum Gasteiger partial charge on any atom is -0.469 e. The summed E-state index contributed by atoms with van der Waals surface area (Å²) in [6.45, 7) is 2.03. The van der Waals surface area contributed by atoms with Crippen LogP contribution in [0.2, 0.25) is 0 Å². The van der Waals surface area contributed by atoms with Gasteiger partial charge in [0.15, 0.2) is 0 Å². The lowest BCUT2D eigenvalue weighted by Crippen LogP contribution is -2.09. The van der Waals surface area contributed by atoms with E-state index in [9.17, 15) is 9.18 Å². The molecule has 0 amide bonds. The number of ether oxygens (including phenoxy) is 1. The number of methoxy groups -OCH3 is 1. The quantitative estimate of drug-likeness (QED) is 0.842. The maximum absolute atomic E-state index is 13.4. The van der Waals surface area contributed by atoms with E-state index in [0.717, 1.165) is 5.52 Å². The SMILES string of the molecule is COC(=O)CCn1c(N)nc2cc(F)c(C)cc21. The minimum atomic E-state index is -0.324. The predicted octanol–water partition coefficient (Wildman–Crippen LogP) is 1.63. The first-order valence-corrected chi connectivity index (χ1v) is 5.51. The Labute approximate surface area is 103 Å². The standard InChI is InChI=1S/C12H14FN3O2/c1-7-5-10-9(6-8(7)13)15-12(14)16(10)4-3-11(17)18-2/h5-6H,3-4H2,1-2H3,(H2,14,15). The minimum absolute atomic E-state index is 0.197. The molecule has 96 valence electrons. The summed E-state index contributed by atoms with van der Waals surface area (Å²) in [7, 11) is 1.33. The Kier molecular flexibility index (Phi) is 3.18. The van der Waals surface area contributed by atoms with Crippen LogP contribution in [-0.2, 0) is 16.1 Å². The van der Waals surface area contributed by atoms with Crippen LogP contribution in [-0.4, -0.2) is 22.6 Å². The van der Waals surface area contributed by atoms with Crippen molar-refractivity contribution >= 4 is 23.0 Å². The second-order valence-corrected chi connectivity index (χ2v) is 4.04. The van der Waals surface area contributed by atoms with Gasteiger partial charge < -0.3 is 15.0 Å². The van der Waals surface area contributed by atoms with Gasteiger partial charge in [-0.1, -0.05) is 0 Å². The molecule has 0 radical (unpaired) electrons. The molecule has 0 aliphatic heterocycles. The molecule has 0 bridgehead atoms. The van der Waals surface area contributed by atoms with Crippen molar-refractivity contribution in [3.8, 4) is 0 Å². The predicted molar refractivity (Wildman–Crippen MR) is 65.5 cm³/mol. The Morgan fingerprint density at radius 1 is 1.56 bits per heavy atom. The number of benzene rings is 1. The maximum atomic E-state index is 13.4. The van der Waals surface area contributed by atoms with Crippen LogP contribution in [0.5, 0.6) is 0 Å². The zero-order valence-electron chi connectivity index (χ0n) is 10.2. The highest BCUT2D eigenvalue weighted by Gasteiger charge is 2.12. The van der Waals surface area contributed by atoms with Gasteiger partial charge in [-0.25, -0.2) is 9.37 Å². The number of nitrogen functional groups attached to an aromatic ring is 1. The first kappa shape index (κ1) is 12.3. The van der Waals surface area contributed by atoms with Gasteiger partial charge in [-0.2, -0.15) is 0 Å². The number of imidazole rings is 1. The number of nitrogens with zero attached hydrogens (tertiary/aromatic N) is 2. The van der Waals surface area contributed by atoms with Crippen molar-refractivity contribution in [1.82, 2.24) is 9.55 Å². The summed E-state index contributed by atoms with van der Waals surface area (Å²) in [6, 6.07) is 3.01. The molecule has 0 fully saturated rings. The average Bonchev–Trinajstić information content (AvgIpc) is 2.62. The van der Waals surface area contributed by atoms with Gasteiger partial charge in [0.05, 0.1) is 24.6 Å². The molecule has 18 heavy (non-hydrogen) atoms. The van der Waals surface area contributed by atoms with Crippen LogP contribution >= 0.6 is 0 Å². The third-order valence-electron chi connectivity index (χ3n) is 2.83. The van der Waals surface area contributed by atoms with Crippen molar-refractivity contribution in [3.63, 3.8) is 0 Å². The Morgan fingerprint density at radius 2 is 2.28 bits per heavy atom. The molecule has 0 unspecified atom stereocenters. The first-order valence-electron chi connectivity index (χ1n) is 5.51. The van der Waals surface area contributed by atoms with E-state index in [2.05, 4.69) is 9.72 Å². The lowest BCUT2D eigenvalue weighted by Gasteiger charge is -2.06. The third-order valence-corrected chi connectivity index (χ3v) is 2.83. The highest BCUT2D eigenvalue weighted by Crippen LogP contribution is 2.21. The molecule has 1 heterocycles. The van der Waals surface area contributed by atoms with Gasteiger partial charge in [0.25, 0.3) is 0 Å². The number of fused-ring (bicyclic) bond motifs is 1. The largest absolute Gasteiger partial charge is 0.469 e. The fourth-order valence-corrected chi connectivity index (χ4v) is 1.81. The number of hydrogen-bond donors (Lipinski definition) is 1. The van der Waals surface area contributed by atoms with Crippen LogP contribution in [0, 0.1) is 12.7 Å². The Hall–Kier alpha value is -2.11. The second kappa shape index (κ2) is 4.64. The average molecular weight is 251 g/mol. The molecule has 0 aliphatic carbocycles. The number of carbonyl (C=O) groups is 1. The van der Waals surface area contributed by atoms with E-state index in [1.54, 1.807) is 17.6 Å². The summed E-state index contributed by atoms with van der Waals surface area (Å²) in [6.07, 6.45) is 0.197. The Bertz CT molecular complexity index is 607. The number of hydrogen-bond acceptors (Lipinski definition) is 4. The highest BCUT2D eigenvalue weighted by atomic mass is 19.1. The molecular formula is C12H14FN3O2. The lowest BCUT2D eigenvalue weighted by molar-refractivity contribution is -0.140. The number of halogens is 1. The monoisotopic (exact) mass is 251 g/mol. The van der Waals surface area contributed by atoms with Gasteiger partial charge in [0.1, 0.15) is 5.82 Å². The molecule has 0 atom stereocenters. The molecular weight excluding hydrogens is 237 g/mol. The smallest absolute Gasteiger partial charge is 0.307 e. The van der Waals surface area contributed by atoms with Crippen molar-refractivity contribution in [1.29, 1.82) is 0 Å². The van der Waals surface area contributed by atoms with E-state index in [1.165, 1.54) is 13.2 Å². The van der Waals surface area contributed by atoms with E-state index < -0.39 is 0 Å². The van der Waals surface area contributed by atoms with Crippen molar-refractivity contribution in [2.45, 2.75) is 19.9 Å². The Morgan fingerprint density at radius 3 is 2.94 bits per heavy atom. The molecule has 5 nitrogen and oxygen atoms in total. The molecule has 2 aromatic rings. The molecule has 2 N–H and O–H groups in total. The zero-order valence-corrected chi connectivity index (χ0v) is 10.2. The number of esters is 1. The summed E-state index contributed by atoms with van der Waals surface area (Å²) in [5.74, 6) is -0.380. The van der Waals surface area contributed by atoms with Gasteiger partial charge >= 0.3 is 5.97 Å². The van der Waals surface area contributed by atoms with E-state index >= 15 is 0 Å². The van der Waals surface area contributed by atoms with Crippen LogP contribution in [0.25, 0.3) is 11.0 Å². The van der Waals surface area contributed by atoms with Crippen LogP contribution in [0.3, 0.4) is 0 Å². The number of rotatable bonds is 3. The summed E-state index contributed by atoms with van der Waals surface area (Å²) < 4.78 is 19.6. The molecule has 0 aliphatic rings. The maximum Gasteiger partial charge on any atom is 0.307 e. The summed E-state index contributed by atoms with van der Waals surface area (Å²) in [4.78, 5) is 15.2. The molecule has 6 heteroatoms. The van der Waals surface area contributed by atoms with Crippen LogP contribution in [0.1, 0.15) is 12.0 Å². The fraction of sp³-hybridized carbons (Fsp3) is 0.333. The molecule has 0 saturated heterocycles. The van der Waals surface area contributed by atoms with Gasteiger partial charge in [-0.05, 0) is 18.6 Å². The number of carbonyl (C=O) groups excluding carboxylic acids is 1. The topological polar surface area (TPSA) is 70.1 Å². The number of nitrogens with two attached hydrogens (primary N) is 1. The van der Waals surface area contributed by atoms with E-state index in [0.29, 0.717) is 17.6 Å². The lowest BCUT2D eigenvalue weighted by atomic mass is 10.2. The van der Waals surface area contributed by atoms with Gasteiger partial charge in [0, 0.05) is 12.6 Å². The molecule has 2 rings (SSSR count). The van der Waals surface area contributed by atoms with Crippen LogP contribution < -0.4 is 5.73 Å². The van der Waals surface area contributed by atoms with E-state index in [1.807, 2.05) is 0 Å². The normalized spacial score (nSPS) is 10.8. The van der Waals surface area contributed by atoms with Crippen molar-refractivity contribution < 1.29 is 13.9 Å². The fourth-order valence-electron chi connectivity index (χ4n) is 1.81. The summed E-state index contributed by atoms with van der Waals surface area (Å²) in [5.41, 5.74) is 7.48. The van der Waals surface area contributed by atoms with Gasteiger partial charge in [0.2, 0.25) is 5.95 Å². The second-order valence-electron chi connectivity index (χ2n) is 4.04. The van der Waals surface area contributed by atoms with Crippen molar-refractivity contribution in [2.24, 2.45) is 0 Å². The first-order chi connectivity index (χ1) is 8.52. The molecule has 1 aromatic heterocycles. The molecule has 0 spiro atoms. The summed E-state index contributed by atoms with van der Waals surface area (Å²) >= 11 is 0. The van der Waals surface area contributed by atoms with Crippen LogP contribution in [0.15, 0.2) is 12.1 Å². The molecule has 0 saturated carbocycles. The summed E-state index contributed by atoms with van der Waals surface area (Å²) in [5, 5.41) is 0. The Balaban J connectivity index is 2.40. The highest BCUT2D eigenvalue weighted by molar-refractivity contribution is 5.79. The van der Waals surface area contributed by atoms with Crippen LogP contribution in [0.4, 0.5) is 10.3 Å².